The number of rotatable bonds is 5. The minimum absolute atomic E-state index is 0.0894. The van der Waals surface area contributed by atoms with Crippen molar-refractivity contribution >= 4 is 11.8 Å². The normalized spacial score (nSPS) is 8.13. The second-order valence-corrected chi connectivity index (χ2v) is 2.78. The van der Waals surface area contributed by atoms with Gasteiger partial charge in [-0.2, -0.15) is 0 Å². The highest BCUT2D eigenvalue weighted by molar-refractivity contribution is 5.92. The van der Waals surface area contributed by atoms with Crippen LogP contribution in [0.1, 0.15) is 13.3 Å². The maximum atomic E-state index is 10.8. The van der Waals surface area contributed by atoms with Gasteiger partial charge in [0.25, 0.3) is 0 Å². The molecule has 86 valence electrons. The predicted molar refractivity (Wildman–Crippen MR) is 60.9 cm³/mol. The highest BCUT2D eigenvalue weighted by atomic mass is 16.1. The molecule has 5 N–H and O–H groups in total. The first-order valence-corrected chi connectivity index (χ1v) is 4.51. The van der Waals surface area contributed by atoms with Crippen molar-refractivity contribution in [3.63, 3.8) is 0 Å². The summed E-state index contributed by atoms with van der Waals surface area (Å²) < 4.78 is 0. The molecule has 0 aromatic carbocycles. The van der Waals surface area contributed by atoms with Crippen LogP contribution in [0.2, 0.25) is 0 Å². The number of amides is 2. The Labute approximate surface area is 90.2 Å². The molecular weight excluding hydrogens is 194 g/mol. The van der Waals surface area contributed by atoms with Gasteiger partial charge in [0.2, 0.25) is 11.8 Å². The van der Waals surface area contributed by atoms with Gasteiger partial charge in [-0.05, 0) is 26.0 Å². The van der Waals surface area contributed by atoms with Gasteiger partial charge >= 0.3 is 0 Å². The number of hydrogen-bond acceptors (Lipinski definition) is 3. The third-order valence-electron chi connectivity index (χ3n) is 1.26. The van der Waals surface area contributed by atoms with Gasteiger partial charge in [0.05, 0.1) is 0 Å². The number of carbonyl (C=O) groups excluding carboxylic acids is 2. The lowest BCUT2D eigenvalue weighted by Gasteiger charge is -2.01. The lowest BCUT2D eigenvalue weighted by atomic mass is 10.3. The minimum atomic E-state index is -0.481. The zero-order valence-electron chi connectivity index (χ0n) is 9.08. The fraction of sp³-hybridized carbons (Fsp3) is 0.400. The van der Waals surface area contributed by atoms with Crippen LogP contribution in [0.5, 0.6) is 0 Å². The fourth-order valence-electron chi connectivity index (χ4n) is 0.455. The zero-order valence-corrected chi connectivity index (χ0v) is 9.08. The molecule has 0 atom stereocenters. The van der Waals surface area contributed by atoms with Crippen molar-refractivity contribution in [1.29, 1.82) is 0 Å². The van der Waals surface area contributed by atoms with Gasteiger partial charge in [-0.15, -0.1) is 0 Å². The third kappa shape index (κ3) is 15.2. The van der Waals surface area contributed by atoms with Crippen LogP contribution in [-0.4, -0.2) is 24.9 Å². The maximum Gasteiger partial charge on any atom is 0.246 e. The van der Waals surface area contributed by atoms with Crippen LogP contribution in [0.3, 0.4) is 0 Å². The number of nitrogens with two attached hydrogens (primary N) is 2. The molecule has 2 amide bonds. The Hall–Kier alpha value is -1.62. The molecule has 0 rings (SSSR count). The second kappa shape index (κ2) is 10.5. The Morgan fingerprint density at radius 2 is 1.93 bits per heavy atom. The van der Waals surface area contributed by atoms with E-state index >= 15 is 0 Å². The van der Waals surface area contributed by atoms with E-state index in [1.807, 2.05) is 0 Å². The number of primary amides is 1. The van der Waals surface area contributed by atoms with E-state index in [1.54, 1.807) is 6.92 Å². The molecule has 0 heterocycles. The van der Waals surface area contributed by atoms with E-state index < -0.39 is 5.91 Å². The van der Waals surface area contributed by atoms with Crippen molar-refractivity contribution in [2.24, 2.45) is 11.5 Å². The number of hydrogen-bond donors (Lipinski definition) is 3. The Balaban J connectivity index is 0. The molecule has 0 spiro atoms. The monoisotopic (exact) mass is 213 g/mol. The van der Waals surface area contributed by atoms with Gasteiger partial charge < -0.3 is 16.8 Å². The van der Waals surface area contributed by atoms with Gasteiger partial charge in [-0.1, -0.05) is 13.2 Å². The van der Waals surface area contributed by atoms with Crippen molar-refractivity contribution in [1.82, 2.24) is 5.32 Å². The highest BCUT2D eigenvalue weighted by Crippen LogP contribution is 1.84. The van der Waals surface area contributed by atoms with Crippen LogP contribution >= 0.6 is 0 Å². The molecule has 0 saturated carbocycles. The summed E-state index contributed by atoms with van der Waals surface area (Å²) in [6.45, 7) is 9.50. The molecule has 0 fully saturated rings. The van der Waals surface area contributed by atoms with Crippen LogP contribution in [0, 0.1) is 0 Å². The topological polar surface area (TPSA) is 98.2 Å². The lowest BCUT2D eigenvalue weighted by Crippen LogP contribution is -2.26. The lowest BCUT2D eigenvalue weighted by molar-refractivity contribution is -0.117. The number of nitrogens with one attached hydrogen (secondary N) is 1. The molecule has 15 heavy (non-hydrogen) atoms. The van der Waals surface area contributed by atoms with Crippen LogP contribution in [0.4, 0.5) is 0 Å². The fourth-order valence-corrected chi connectivity index (χ4v) is 0.455. The average molecular weight is 213 g/mol. The summed E-state index contributed by atoms with van der Waals surface area (Å²) >= 11 is 0. The first-order chi connectivity index (χ1) is 6.95. The SMILES string of the molecule is C=C(C)C(=O)NCCCN.C=CC(N)=O. The average Bonchev–Trinajstić information content (AvgIpc) is 2.18. The van der Waals surface area contributed by atoms with E-state index in [2.05, 4.69) is 24.2 Å². The van der Waals surface area contributed by atoms with E-state index in [0.29, 0.717) is 18.7 Å². The molecule has 0 bridgehead atoms. The summed E-state index contributed by atoms with van der Waals surface area (Å²) in [5.74, 6) is -0.571. The summed E-state index contributed by atoms with van der Waals surface area (Å²) in [6, 6.07) is 0. The van der Waals surface area contributed by atoms with Crippen LogP contribution in [0.15, 0.2) is 24.8 Å². The Bertz CT molecular complexity index is 237. The first-order valence-electron chi connectivity index (χ1n) is 4.51. The predicted octanol–water partition coefficient (Wildman–Crippen LogP) is -0.315. The van der Waals surface area contributed by atoms with Gasteiger partial charge in [-0.25, -0.2) is 0 Å². The molecule has 0 aromatic rings. The second-order valence-electron chi connectivity index (χ2n) is 2.78. The molecule has 0 unspecified atom stereocenters. The van der Waals surface area contributed by atoms with Gasteiger partial charge in [0.1, 0.15) is 0 Å². The van der Waals surface area contributed by atoms with E-state index in [4.69, 9.17) is 5.73 Å². The van der Waals surface area contributed by atoms with E-state index in [-0.39, 0.29) is 5.91 Å². The molecule has 0 aliphatic heterocycles. The van der Waals surface area contributed by atoms with Crippen molar-refractivity contribution in [2.45, 2.75) is 13.3 Å². The quantitative estimate of drug-likeness (QED) is 0.431. The smallest absolute Gasteiger partial charge is 0.246 e. The summed E-state index contributed by atoms with van der Waals surface area (Å²) in [6.07, 6.45) is 1.87. The number of carbonyl (C=O) groups is 2. The summed E-state index contributed by atoms with van der Waals surface area (Å²) in [7, 11) is 0. The molecule has 0 aromatic heterocycles. The van der Waals surface area contributed by atoms with Crippen LogP contribution in [-0.2, 0) is 9.59 Å². The zero-order chi connectivity index (χ0) is 12.3. The summed E-state index contributed by atoms with van der Waals surface area (Å²) in [5.41, 5.74) is 10.3. The molecule has 5 heteroatoms. The molecule has 0 radical (unpaired) electrons. The van der Waals surface area contributed by atoms with Crippen molar-refractivity contribution < 1.29 is 9.59 Å². The maximum absolute atomic E-state index is 10.8. The largest absolute Gasteiger partial charge is 0.366 e. The minimum Gasteiger partial charge on any atom is -0.366 e. The summed E-state index contributed by atoms with van der Waals surface area (Å²) in [5, 5.41) is 2.66. The van der Waals surface area contributed by atoms with Crippen LogP contribution in [0.25, 0.3) is 0 Å². The molecule has 0 aliphatic rings. The van der Waals surface area contributed by atoms with Crippen molar-refractivity contribution in [2.75, 3.05) is 13.1 Å². The van der Waals surface area contributed by atoms with Crippen molar-refractivity contribution in [3.8, 4) is 0 Å². The van der Waals surface area contributed by atoms with E-state index in [0.717, 1.165) is 12.5 Å². The van der Waals surface area contributed by atoms with Gasteiger partial charge in [0, 0.05) is 12.1 Å². The first kappa shape index (κ1) is 15.8. The van der Waals surface area contributed by atoms with Gasteiger partial charge in [-0.3, -0.25) is 9.59 Å². The Morgan fingerprint density at radius 3 is 2.20 bits per heavy atom. The Kier molecular flexibility index (Phi) is 11.0. The standard InChI is InChI=1S/C7H14N2O.C3H5NO/c1-6(2)7(10)9-5-3-4-8;1-2-3(4)5/h1,3-5,8H2,2H3,(H,9,10);2H,1H2,(H2,4,5). The Morgan fingerprint density at radius 1 is 1.47 bits per heavy atom. The molecular formula is C10H19N3O2. The third-order valence-corrected chi connectivity index (χ3v) is 1.26. The molecule has 0 aliphatic carbocycles. The highest BCUT2D eigenvalue weighted by Gasteiger charge is 1.97. The van der Waals surface area contributed by atoms with E-state index in [9.17, 15) is 9.59 Å². The van der Waals surface area contributed by atoms with Crippen molar-refractivity contribution in [3.05, 3.63) is 24.8 Å². The van der Waals surface area contributed by atoms with Crippen LogP contribution < -0.4 is 16.8 Å². The van der Waals surface area contributed by atoms with Gasteiger partial charge in [0.15, 0.2) is 0 Å². The van der Waals surface area contributed by atoms with E-state index in [1.165, 1.54) is 0 Å². The summed E-state index contributed by atoms with van der Waals surface area (Å²) in [4.78, 5) is 20.2. The molecule has 5 nitrogen and oxygen atoms in total. The molecule has 0 saturated heterocycles.